The van der Waals surface area contributed by atoms with Crippen molar-refractivity contribution >= 4 is 38.9 Å². The van der Waals surface area contributed by atoms with E-state index in [1.807, 2.05) is 83.4 Å². The normalized spacial score (nSPS) is 17.2. The Labute approximate surface area is 438 Å². The molecule has 1 heterocycles. The van der Waals surface area contributed by atoms with Crippen molar-refractivity contribution < 1.29 is 39.8 Å². The van der Waals surface area contributed by atoms with Gasteiger partial charge in [0.2, 0.25) is 0 Å². The van der Waals surface area contributed by atoms with E-state index in [-0.39, 0.29) is 11.1 Å². The van der Waals surface area contributed by atoms with Crippen LogP contribution in [0, 0.1) is 0 Å². The van der Waals surface area contributed by atoms with E-state index in [9.17, 15) is 19.2 Å². The van der Waals surface area contributed by atoms with Gasteiger partial charge in [0.15, 0.2) is 0 Å². The van der Waals surface area contributed by atoms with Crippen LogP contribution in [0.4, 0.5) is 17.1 Å². The van der Waals surface area contributed by atoms with E-state index < -0.39 is 237 Å². The smallest absolute Gasteiger partial charge is 0.0645 e. The van der Waals surface area contributed by atoms with E-state index in [4.69, 9.17) is 20.6 Å². The van der Waals surface area contributed by atoms with Crippen LogP contribution in [-0.4, -0.2) is 4.57 Å². The second-order valence-electron chi connectivity index (χ2n) is 15.1. The first-order valence-corrected chi connectivity index (χ1v) is 21.0. The van der Waals surface area contributed by atoms with Crippen LogP contribution in [0.25, 0.3) is 94.3 Å². The number of anilines is 3. The predicted octanol–water partition coefficient (Wildman–Crippen LogP) is 18.3. The second-order valence-corrected chi connectivity index (χ2v) is 15.1. The first-order chi connectivity index (χ1) is 45.8. The van der Waals surface area contributed by atoms with Crippen LogP contribution >= 0.6 is 0 Å². The lowest BCUT2D eigenvalue weighted by Crippen LogP contribution is -2.09. The first kappa shape index (κ1) is 20.3. The van der Waals surface area contributed by atoms with Gasteiger partial charge in [-0.3, -0.25) is 0 Å². The van der Waals surface area contributed by atoms with Gasteiger partial charge in [0.05, 0.1) is 50.8 Å². The molecule has 0 aliphatic rings. The Morgan fingerprint density at radius 3 is 1.41 bits per heavy atom. The Hall–Kier alpha value is -8.98. The SMILES string of the molecule is [2H]c1cc(-c2c([2H])c([2H])c([2H])c(-c3c([2H])c([2H])c([2H])c([2H])c3[2H])c2[2H])c([2H])c([2H])c1N(c1c([2H])c([2H])c(-c2ccc3c(c2)c2ccccc2n3-c2cccc(-c3ccccc3)c2)c([2H])c1[2H])c1c([2H])c([2H])c(-c2c([2H])c([2H])c(-c3c([2H])c([2H])c([2H])c([2H])c3[2H])c([2H])c2[2H])c([2H])c1[2H]. The topological polar surface area (TPSA) is 8.17 Å². The Kier molecular flexibility index (Phi) is 5.30. The molecule has 320 valence electrons. The van der Waals surface area contributed by atoms with Crippen molar-refractivity contribution in [1.29, 1.82) is 0 Å². The van der Waals surface area contributed by atoms with Gasteiger partial charge >= 0.3 is 0 Å². The van der Waals surface area contributed by atoms with Gasteiger partial charge in [-0.2, -0.15) is 0 Å². The summed E-state index contributed by atoms with van der Waals surface area (Å²) >= 11 is 0. The fraction of sp³-hybridized carbons (Fsp3) is 0. The number of rotatable bonds is 10. The molecule has 0 fully saturated rings. The molecule has 12 aromatic rings. The van der Waals surface area contributed by atoms with E-state index in [1.165, 1.54) is 0 Å². The van der Waals surface area contributed by atoms with Crippen molar-refractivity contribution in [2.24, 2.45) is 0 Å². The number of fused-ring (bicyclic) bond motifs is 3. The molecule has 0 radical (unpaired) electrons. The molecule has 0 saturated carbocycles. The standard InChI is InChI=1S/C66H46N2/c1-4-14-47(15-5-1)50-26-28-51(29-27-50)52-30-37-59(38-31-52)67(60-39-32-53(33-40-60)56-21-12-20-55(44-56)48-16-6-2-7-17-48)61-41-34-54(35-42-61)58-36-43-66-64(46-58)63-24-10-11-25-65(63)68(66)62-23-13-22-57(45-62)49-18-8-3-9-19-49/h1-46H/i1D,2D,4D,5D,6D,7D,12D,14D,15D,16D,17D,20D,21D,26D,27D,28D,29D,30D,31D,32D,34D,35D,37D,38D,39D,40D,41D,42D,44D. The van der Waals surface area contributed by atoms with Gasteiger partial charge in [-0.05, 0) is 139 Å². The third-order valence-electron chi connectivity index (χ3n) is 11.0. The van der Waals surface area contributed by atoms with Crippen molar-refractivity contribution in [3.05, 3.63) is 278 Å². The minimum atomic E-state index is -1.20. The molecule has 0 aliphatic heterocycles. The lowest BCUT2D eigenvalue weighted by atomic mass is 9.98. The quantitative estimate of drug-likeness (QED) is 0.133. The van der Waals surface area contributed by atoms with Crippen LogP contribution in [0.2, 0.25) is 0 Å². The molecule has 68 heavy (non-hydrogen) atoms. The van der Waals surface area contributed by atoms with Crippen LogP contribution in [0.15, 0.2) is 278 Å². The molecule has 2 nitrogen and oxygen atoms in total. The number of benzene rings is 11. The largest absolute Gasteiger partial charge is 0.311 e. The van der Waals surface area contributed by atoms with E-state index in [0.717, 1.165) is 33.8 Å². The third kappa shape index (κ3) is 7.85. The van der Waals surface area contributed by atoms with E-state index in [1.54, 1.807) is 18.2 Å². The molecule has 1 aromatic heterocycles. The first-order valence-electron chi connectivity index (χ1n) is 35.5. The highest BCUT2D eigenvalue weighted by atomic mass is 15.1. The zero-order valence-electron chi connectivity index (χ0n) is 64.2. The molecule has 0 N–H and O–H groups in total. The maximum atomic E-state index is 9.86. The summed E-state index contributed by atoms with van der Waals surface area (Å²) in [6.07, 6.45) is 0. The number of hydrogen-bond donors (Lipinski definition) is 0. The maximum Gasteiger partial charge on any atom is 0.0645 e. The van der Waals surface area contributed by atoms with Crippen molar-refractivity contribution in [3.63, 3.8) is 0 Å². The van der Waals surface area contributed by atoms with Gasteiger partial charge in [-0.25, -0.2) is 0 Å². The van der Waals surface area contributed by atoms with Crippen LogP contribution in [0.5, 0.6) is 0 Å². The molecule has 2 heteroatoms. The molecule has 0 saturated heterocycles. The minimum absolute atomic E-state index is 0.155. The van der Waals surface area contributed by atoms with E-state index >= 15 is 0 Å². The Morgan fingerprint density at radius 2 is 0.750 bits per heavy atom. The average molecular weight is 896 g/mol. The summed E-state index contributed by atoms with van der Waals surface area (Å²) in [7, 11) is 0. The van der Waals surface area contributed by atoms with Crippen LogP contribution in [0.3, 0.4) is 0 Å². The van der Waals surface area contributed by atoms with Crippen molar-refractivity contribution in [1.82, 2.24) is 4.57 Å². The van der Waals surface area contributed by atoms with Crippen LogP contribution in [0.1, 0.15) is 39.8 Å². The zero-order valence-corrected chi connectivity index (χ0v) is 35.2. The van der Waals surface area contributed by atoms with Gasteiger partial charge < -0.3 is 9.47 Å². The molecule has 0 bridgehead atoms. The Balaban J connectivity index is 1.11. The van der Waals surface area contributed by atoms with Gasteiger partial charge in [-0.15, -0.1) is 0 Å². The Bertz CT molecular complexity index is 5330. The lowest BCUT2D eigenvalue weighted by molar-refractivity contribution is 1.18. The summed E-state index contributed by atoms with van der Waals surface area (Å²) in [5.41, 5.74) is -5.15. The van der Waals surface area contributed by atoms with Gasteiger partial charge in [0.1, 0.15) is 0 Å². The minimum Gasteiger partial charge on any atom is -0.311 e. The highest BCUT2D eigenvalue weighted by Crippen LogP contribution is 2.40. The fourth-order valence-corrected chi connectivity index (χ4v) is 7.81. The number of nitrogens with zero attached hydrogens (tertiary/aromatic N) is 2. The van der Waals surface area contributed by atoms with Crippen LogP contribution < -0.4 is 4.90 Å². The monoisotopic (exact) mass is 896 g/mol. The van der Waals surface area contributed by atoms with Crippen LogP contribution in [-0.2, 0) is 0 Å². The van der Waals surface area contributed by atoms with E-state index in [0.29, 0.717) is 15.8 Å². The molecule has 0 unspecified atom stereocenters. The summed E-state index contributed by atoms with van der Waals surface area (Å²) in [5, 5.41) is 1.36. The van der Waals surface area contributed by atoms with Gasteiger partial charge in [-0.1, -0.05) is 206 Å². The molecular weight excluding hydrogens is 821 g/mol. The molecule has 0 atom stereocenters. The highest BCUT2D eigenvalue weighted by Gasteiger charge is 2.17. The maximum absolute atomic E-state index is 9.86. The van der Waals surface area contributed by atoms with Gasteiger partial charge in [0, 0.05) is 33.5 Å². The summed E-state index contributed by atoms with van der Waals surface area (Å²) in [5.74, 6) is 0. The molecule has 0 aliphatic carbocycles. The zero-order chi connectivity index (χ0) is 70.5. The average Bonchev–Trinajstić information content (AvgIpc) is 1.14. The lowest BCUT2D eigenvalue weighted by Gasteiger charge is -2.26. The number of para-hydroxylation sites is 1. The molecular formula is C66H46N2. The molecule has 0 spiro atoms. The summed E-state index contributed by atoms with van der Waals surface area (Å²) in [6, 6.07) is 2.61. The predicted molar refractivity (Wildman–Crippen MR) is 288 cm³/mol. The van der Waals surface area contributed by atoms with Gasteiger partial charge in [0.25, 0.3) is 0 Å². The summed E-state index contributed by atoms with van der Waals surface area (Å²) in [4.78, 5) is 0.503. The number of hydrogen-bond acceptors (Lipinski definition) is 1. The van der Waals surface area contributed by atoms with Crippen molar-refractivity contribution in [2.45, 2.75) is 0 Å². The third-order valence-corrected chi connectivity index (χ3v) is 11.0. The van der Waals surface area contributed by atoms with Crippen molar-refractivity contribution in [3.8, 4) is 72.4 Å². The Morgan fingerprint density at radius 1 is 0.279 bits per heavy atom. The molecule has 0 amide bonds. The highest BCUT2D eigenvalue weighted by molar-refractivity contribution is 6.10. The summed E-state index contributed by atoms with van der Waals surface area (Å²) < 4.78 is 265. The number of aromatic nitrogens is 1. The second kappa shape index (κ2) is 17.8. The van der Waals surface area contributed by atoms with Crippen molar-refractivity contribution in [2.75, 3.05) is 4.90 Å². The fourth-order valence-electron chi connectivity index (χ4n) is 7.81. The molecule has 12 rings (SSSR count). The summed E-state index contributed by atoms with van der Waals surface area (Å²) in [6.45, 7) is 0. The van der Waals surface area contributed by atoms with E-state index in [2.05, 4.69) is 0 Å². The molecule has 11 aromatic carbocycles.